The van der Waals surface area contributed by atoms with Gasteiger partial charge in [-0.05, 0) is 67.1 Å². The van der Waals surface area contributed by atoms with Gasteiger partial charge in [0.15, 0.2) is 0 Å². The van der Waals surface area contributed by atoms with E-state index in [-0.39, 0.29) is 5.91 Å². The first-order valence-electron chi connectivity index (χ1n) is 10.8. The summed E-state index contributed by atoms with van der Waals surface area (Å²) in [5.41, 5.74) is 4.27. The minimum absolute atomic E-state index is 0.103. The van der Waals surface area contributed by atoms with Crippen molar-refractivity contribution in [3.63, 3.8) is 0 Å². The molecular weight excluding hydrogens is 437 g/mol. The summed E-state index contributed by atoms with van der Waals surface area (Å²) in [5.74, 6) is -2.17. The first-order chi connectivity index (χ1) is 15.7. The van der Waals surface area contributed by atoms with Crippen molar-refractivity contribution in [1.29, 1.82) is 0 Å². The highest BCUT2D eigenvalue weighted by Gasteiger charge is 2.38. The summed E-state index contributed by atoms with van der Waals surface area (Å²) in [6.45, 7) is 2.29. The van der Waals surface area contributed by atoms with Gasteiger partial charge in [-0.2, -0.15) is 13.2 Å². The van der Waals surface area contributed by atoms with Crippen molar-refractivity contribution in [2.24, 2.45) is 0 Å². The minimum atomic E-state index is -5.08. The third kappa shape index (κ3) is 6.71. The van der Waals surface area contributed by atoms with Gasteiger partial charge in [0.05, 0.1) is 7.11 Å². The Kier molecular flexibility index (Phi) is 7.97. The maximum atomic E-state index is 12.5. The van der Waals surface area contributed by atoms with Gasteiger partial charge in [-0.25, -0.2) is 4.79 Å². The number of fused-ring (bicyclic) bond motifs is 1. The van der Waals surface area contributed by atoms with Crippen LogP contribution in [-0.4, -0.2) is 54.3 Å². The number of ether oxygens (including phenoxy) is 1. The van der Waals surface area contributed by atoms with E-state index in [2.05, 4.69) is 22.3 Å². The summed E-state index contributed by atoms with van der Waals surface area (Å²) in [7, 11) is 1.61. The number of benzene rings is 2. The van der Waals surface area contributed by atoms with E-state index in [0.29, 0.717) is 11.3 Å². The average Bonchev–Trinajstić information content (AvgIpc) is 2.95. The fourth-order valence-corrected chi connectivity index (χ4v) is 3.90. The number of carboxylic acid groups (broad SMARTS) is 1. The van der Waals surface area contributed by atoms with Crippen molar-refractivity contribution in [1.82, 2.24) is 4.90 Å². The zero-order chi connectivity index (χ0) is 24.0. The highest BCUT2D eigenvalue weighted by molar-refractivity contribution is 6.04. The zero-order valence-electron chi connectivity index (χ0n) is 18.3. The molecule has 2 aromatic carbocycles. The van der Waals surface area contributed by atoms with E-state index in [1.165, 1.54) is 30.4 Å². The SMILES string of the molecule is COc1cccc(C(=O)Nc2ccc3c(c2)CCN(C2CCC2)CC3)c1.O=C(O)C(F)(F)F. The molecular formula is C24H27F3N2O4. The molecule has 2 N–H and O–H groups in total. The summed E-state index contributed by atoms with van der Waals surface area (Å²) in [5, 5.41) is 10.2. The number of nitrogens with zero attached hydrogens (tertiary/aromatic N) is 1. The van der Waals surface area contributed by atoms with Crippen LogP contribution >= 0.6 is 0 Å². The highest BCUT2D eigenvalue weighted by atomic mass is 19.4. The van der Waals surface area contributed by atoms with Gasteiger partial charge in [0.2, 0.25) is 0 Å². The lowest BCUT2D eigenvalue weighted by molar-refractivity contribution is -0.192. The van der Waals surface area contributed by atoms with Crippen LogP contribution in [-0.2, 0) is 17.6 Å². The molecule has 1 fully saturated rings. The third-order valence-electron chi connectivity index (χ3n) is 5.97. The number of nitrogens with one attached hydrogen (secondary N) is 1. The molecule has 1 saturated carbocycles. The molecule has 6 nitrogen and oxygen atoms in total. The maximum absolute atomic E-state index is 12.5. The second-order valence-electron chi connectivity index (χ2n) is 8.09. The predicted octanol–water partition coefficient (Wildman–Crippen LogP) is 4.53. The molecule has 1 aliphatic carbocycles. The molecule has 0 saturated heterocycles. The van der Waals surface area contributed by atoms with Crippen molar-refractivity contribution in [3.05, 3.63) is 59.2 Å². The summed E-state index contributed by atoms with van der Waals surface area (Å²) in [6, 6.07) is 14.4. The molecule has 1 aliphatic heterocycles. The first kappa shape index (κ1) is 24.6. The number of halogens is 3. The first-order valence-corrected chi connectivity index (χ1v) is 10.8. The number of aliphatic carboxylic acids is 1. The monoisotopic (exact) mass is 464 g/mol. The number of carbonyl (C=O) groups is 2. The molecule has 1 heterocycles. The Hall–Kier alpha value is -3.07. The van der Waals surface area contributed by atoms with Gasteiger partial charge >= 0.3 is 12.1 Å². The number of carboxylic acids is 1. The van der Waals surface area contributed by atoms with Crippen molar-refractivity contribution < 1.29 is 32.6 Å². The molecule has 9 heteroatoms. The topological polar surface area (TPSA) is 78.9 Å². The van der Waals surface area contributed by atoms with Crippen LogP contribution in [0.4, 0.5) is 18.9 Å². The molecule has 1 amide bonds. The molecule has 2 aromatic rings. The normalized spacial score (nSPS) is 16.4. The Labute approximate surface area is 190 Å². The minimum Gasteiger partial charge on any atom is -0.497 e. The standard InChI is InChI=1S/C22H26N2O2.C2HF3O2/c1-26-21-7-2-4-18(15-21)22(25)23-19-9-8-16-10-12-24(20-5-3-6-20)13-11-17(16)14-19;3-2(4,5)1(6)7/h2,4,7-9,14-15,20H,3,5-6,10-13H2,1H3,(H,23,25);(H,6,7). The largest absolute Gasteiger partial charge is 0.497 e. The number of carbonyl (C=O) groups excluding carboxylic acids is 1. The van der Waals surface area contributed by atoms with E-state index in [4.69, 9.17) is 14.6 Å². The van der Waals surface area contributed by atoms with E-state index >= 15 is 0 Å². The maximum Gasteiger partial charge on any atom is 0.490 e. The zero-order valence-corrected chi connectivity index (χ0v) is 18.3. The van der Waals surface area contributed by atoms with Crippen molar-refractivity contribution in [2.75, 3.05) is 25.5 Å². The molecule has 0 aromatic heterocycles. The Balaban J connectivity index is 0.000000383. The van der Waals surface area contributed by atoms with Crippen LogP contribution < -0.4 is 10.1 Å². The quantitative estimate of drug-likeness (QED) is 0.695. The average molecular weight is 464 g/mol. The van der Waals surface area contributed by atoms with Crippen LogP contribution in [0.3, 0.4) is 0 Å². The lowest BCUT2D eigenvalue weighted by atomic mass is 9.91. The summed E-state index contributed by atoms with van der Waals surface area (Å²) in [6.07, 6.45) is 1.19. The fraction of sp³-hybridized carbons (Fsp3) is 0.417. The van der Waals surface area contributed by atoms with E-state index in [1.807, 2.05) is 18.2 Å². The van der Waals surface area contributed by atoms with Crippen molar-refractivity contribution in [2.45, 2.75) is 44.3 Å². The van der Waals surface area contributed by atoms with Gasteiger partial charge in [-0.15, -0.1) is 0 Å². The van der Waals surface area contributed by atoms with Gasteiger partial charge in [0, 0.05) is 30.4 Å². The Morgan fingerprint density at radius 2 is 1.73 bits per heavy atom. The van der Waals surface area contributed by atoms with E-state index in [0.717, 1.165) is 37.7 Å². The highest BCUT2D eigenvalue weighted by Crippen LogP contribution is 2.28. The second kappa shape index (κ2) is 10.7. The summed E-state index contributed by atoms with van der Waals surface area (Å²) < 4.78 is 36.9. The van der Waals surface area contributed by atoms with Gasteiger partial charge in [0.25, 0.3) is 5.91 Å². The van der Waals surface area contributed by atoms with Gasteiger partial charge in [-0.1, -0.05) is 18.6 Å². The third-order valence-corrected chi connectivity index (χ3v) is 5.97. The van der Waals surface area contributed by atoms with Crippen LogP contribution in [0.15, 0.2) is 42.5 Å². The smallest absolute Gasteiger partial charge is 0.490 e. The van der Waals surface area contributed by atoms with Crippen LogP contribution in [0.1, 0.15) is 40.7 Å². The van der Waals surface area contributed by atoms with E-state index < -0.39 is 12.1 Å². The second-order valence-corrected chi connectivity index (χ2v) is 8.09. The van der Waals surface area contributed by atoms with Gasteiger partial charge in [-0.3, -0.25) is 9.69 Å². The number of amides is 1. The van der Waals surface area contributed by atoms with Crippen LogP contribution in [0.5, 0.6) is 5.75 Å². The molecule has 0 atom stereocenters. The number of hydrogen-bond acceptors (Lipinski definition) is 4. The lowest BCUT2D eigenvalue weighted by Gasteiger charge is -2.36. The Morgan fingerprint density at radius 3 is 2.30 bits per heavy atom. The number of alkyl halides is 3. The molecule has 0 bridgehead atoms. The number of anilines is 1. The molecule has 178 valence electrons. The summed E-state index contributed by atoms with van der Waals surface area (Å²) in [4.78, 5) is 24.1. The van der Waals surface area contributed by atoms with Crippen molar-refractivity contribution in [3.8, 4) is 5.75 Å². The lowest BCUT2D eigenvalue weighted by Crippen LogP contribution is -2.41. The number of rotatable bonds is 4. The molecule has 0 spiro atoms. The number of hydrogen-bond donors (Lipinski definition) is 2. The van der Waals surface area contributed by atoms with Gasteiger partial charge in [0.1, 0.15) is 5.75 Å². The number of methoxy groups -OCH3 is 1. The fourth-order valence-electron chi connectivity index (χ4n) is 3.90. The molecule has 0 unspecified atom stereocenters. The predicted molar refractivity (Wildman–Crippen MR) is 118 cm³/mol. The Bertz CT molecular complexity index is 990. The molecule has 0 radical (unpaired) electrons. The molecule has 33 heavy (non-hydrogen) atoms. The van der Waals surface area contributed by atoms with Crippen LogP contribution in [0.25, 0.3) is 0 Å². The Morgan fingerprint density at radius 1 is 1.06 bits per heavy atom. The molecule has 2 aliphatic rings. The van der Waals surface area contributed by atoms with Crippen molar-refractivity contribution >= 4 is 17.6 Å². The van der Waals surface area contributed by atoms with Gasteiger partial charge < -0.3 is 15.2 Å². The van der Waals surface area contributed by atoms with Crippen LogP contribution in [0.2, 0.25) is 0 Å². The van der Waals surface area contributed by atoms with Crippen LogP contribution in [0, 0.1) is 0 Å². The summed E-state index contributed by atoms with van der Waals surface area (Å²) >= 11 is 0. The van der Waals surface area contributed by atoms with E-state index in [1.54, 1.807) is 19.2 Å². The molecule has 4 rings (SSSR count). The van der Waals surface area contributed by atoms with E-state index in [9.17, 15) is 18.0 Å².